The van der Waals surface area contributed by atoms with Crippen LogP contribution in [0.3, 0.4) is 0 Å². The molecule has 0 bridgehead atoms. The van der Waals surface area contributed by atoms with Gasteiger partial charge in [0.15, 0.2) is 0 Å². The van der Waals surface area contributed by atoms with Crippen LogP contribution in [0.1, 0.15) is 30.3 Å². The molecule has 0 fully saturated rings. The first-order valence-corrected chi connectivity index (χ1v) is 10.1. The van der Waals surface area contributed by atoms with Crippen molar-refractivity contribution in [2.75, 3.05) is 0 Å². The van der Waals surface area contributed by atoms with Gasteiger partial charge in [-0.25, -0.2) is 14.5 Å². The Labute approximate surface area is 171 Å². The molecule has 0 atom stereocenters. The van der Waals surface area contributed by atoms with Crippen LogP contribution in [0.25, 0.3) is 16.6 Å². The minimum atomic E-state index is -0.341. The van der Waals surface area contributed by atoms with Gasteiger partial charge in [0.1, 0.15) is 10.8 Å². The molecule has 0 aliphatic carbocycles. The summed E-state index contributed by atoms with van der Waals surface area (Å²) in [4.78, 5) is 21.6. The largest absolute Gasteiger partial charge is 0.494 e. The van der Waals surface area contributed by atoms with Gasteiger partial charge in [0, 0.05) is 29.6 Å². The number of aliphatic imine (C=N–C) groups is 1. The van der Waals surface area contributed by atoms with E-state index in [0.717, 1.165) is 24.3 Å². The molecule has 0 saturated carbocycles. The van der Waals surface area contributed by atoms with Gasteiger partial charge < -0.3 is 5.11 Å². The number of hydrogen-bond donors (Lipinski definition) is 1. The number of aryl methyl sites for hydroxylation is 1. The number of fused-ring (bicyclic) bond motifs is 1. The maximum absolute atomic E-state index is 13.0. The average Bonchev–Trinajstić information content (AvgIpc) is 3.21. The van der Waals surface area contributed by atoms with Gasteiger partial charge in [-0.2, -0.15) is 0 Å². The fraction of sp³-hybridized carbons (Fsp3) is 0.190. The maximum Gasteiger partial charge on any atom is 0.267 e. The molecule has 1 aromatic carbocycles. The highest BCUT2D eigenvalue weighted by molar-refractivity contribution is 7.14. The molecule has 8 heteroatoms. The molecule has 29 heavy (non-hydrogen) atoms. The zero-order valence-electron chi connectivity index (χ0n) is 15.8. The van der Waals surface area contributed by atoms with E-state index in [1.54, 1.807) is 42.6 Å². The summed E-state index contributed by atoms with van der Waals surface area (Å²) in [5.41, 5.74) is 0.0860. The number of unbranched alkanes of at least 4 members (excludes halogenated alkanes) is 1. The molecular weight excluding hydrogens is 386 g/mol. The third-order valence-electron chi connectivity index (χ3n) is 4.49. The van der Waals surface area contributed by atoms with E-state index in [-0.39, 0.29) is 11.4 Å². The Morgan fingerprint density at radius 2 is 1.93 bits per heavy atom. The first-order chi connectivity index (χ1) is 14.2. The zero-order chi connectivity index (χ0) is 20.2. The Morgan fingerprint density at radius 3 is 2.69 bits per heavy atom. The predicted octanol–water partition coefficient (Wildman–Crippen LogP) is 4.04. The van der Waals surface area contributed by atoms with Crippen LogP contribution in [0.15, 0.2) is 58.4 Å². The molecule has 7 nitrogen and oxygen atoms in total. The Morgan fingerprint density at radius 1 is 1.14 bits per heavy atom. The SMILES string of the molecule is CCCCc1nnc(/N=C/c2c(O)n(-c3ccccn3)c(=O)c3ccccc23)s1. The summed E-state index contributed by atoms with van der Waals surface area (Å²) in [6.07, 6.45) is 6.12. The molecule has 4 rings (SSSR count). The molecule has 1 N–H and O–H groups in total. The smallest absolute Gasteiger partial charge is 0.267 e. The van der Waals surface area contributed by atoms with Crippen LogP contribution in [0.5, 0.6) is 5.88 Å². The minimum absolute atomic E-state index is 0.216. The van der Waals surface area contributed by atoms with Crippen molar-refractivity contribution in [3.05, 3.63) is 69.6 Å². The van der Waals surface area contributed by atoms with E-state index >= 15 is 0 Å². The van der Waals surface area contributed by atoms with Crippen molar-refractivity contribution in [3.63, 3.8) is 0 Å². The summed E-state index contributed by atoms with van der Waals surface area (Å²) < 4.78 is 1.19. The lowest BCUT2D eigenvalue weighted by Crippen LogP contribution is -2.20. The molecule has 0 aliphatic heterocycles. The van der Waals surface area contributed by atoms with Gasteiger partial charge in [-0.1, -0.05) is 48.9 Å². The van der Waals surface area contributed by atoms with E-state index in [0.29, 0.717) is 27.3 Å². The summed E-state index contributed by atoms with van der Waals surface area (Å²) in [5, 5.41) is 21.7. The third kappa shape index (κ3) is 3.79. The van der Waals surface area contributed by atoms with Crippen LogP contribution in [-0.4, -0.2) is 31.1 Å². The number of pyridine rings is 2. The third-order valence-corrected chi connectivity index (χ3v) is 5.38. The topological polar surface area (TPSA) is 93.3 Å². The summed E-state index contributed by atoms with van der Waals surface area (Å²) in [5.74, 6) is 0.125. The van der Waals surface area contributed by atoms with Crippen LogP contribution in [0.2, 0.25) is 0 Å². The van der Waals surface area contributed by atoms with Crippen molar-refractivity contribution in [3.8, 4) is 11.7 Å². The van der Waals surface area contributed by atoms with Gasteiger partial charge in [-0.05, 0) is 24.6 Å². The van der Waals surface area contributed by atoms with Gasteiger partial charge in [-0.15, -0.1) is 10.2 Å². The average molecular weight is 405 g/mol. The fourth-order valence-corrected chi connectivity index (χ4v) is 3.76. The Balaban J connectivity index is 1.83. The molecular formula is C21H19N5O2S. The van der Waals surface area contributed by atoms with E-state index in [9.17, 15) is 9.90 Å². The first-order valence-electron chi connectivity index (χ1n) is 9.33. The quantitative estimate of drug-likeness (QED) is 0.489. The van der Waals surface area contributed by atoms with Crippen molar-refractivity contribution in [1.29, 1.82) is 0 Å². The molecule has 3 aromatic heterocycles. The second-order valence-corrected chi connectivity index (χ2v) is 7.49. The number of benzene rings is 1. The highest BCUT2D eigenvalue weighted by Crippen LogP contribution is 2.26. The second-order valence-electron chi connectivity index (χ2n) is 6.45. The van der Waals surface area contributed by atoms with Crippen molar-refractivity contribution in [2.24, 2.45) is 4.99 Å². The molecule has 0 spiro atoms. The molecule has 0 amide bonds. The van der Waals surface area contributed by atoms with Crippen molar-refractivity contribution < 1.29 is 5.11 Å². The normalized spacial score (nSPS) is 11.5. The highest BCUT2D eigenvalue weighted by atomic mass is 32.1. The summed E-state index contributed by atoms with van der Waals surface area (Å²) in [6.45, 7) is 2.13. The van der Waals surface area contributed by atoms with Gasteiger partial charge >= 0.3 is 0 Å². The Hall–Kier alpha value is -3.39. The highest BCUT2D eigenvalue weighted by Gasteiger charge is 2.17. The minimum Gasteiger partial charge on any atom is -0.494 e. The van der Waals surface area contributed by atoms with Crippen LogP contribution in [-0.2, 0) is 6.42 Å². The zero-order valence-corrected chi connectivity index (χ0v) is 16.6. The molecule has 0 unspecified atom stereocenters. The predicted molar refractivity (Wildman–Crippen MR) is 115 cm³/mol. The van der Waals surface area contributed by atoms with E-state index in [4.69, 9.17) is 0 Å². The number of aromatic hydroxyl groups is 1. The van der Waals surface area contributed by atoms with Gasteiger partial charge in [0.25, 0.3) is 5.56 Å². The fourth-order valence-electron chi connectivity index (χ4n) is 3.03. The lowest BCUT2D eigenvalue weighted by molar-refractivity contribution is 0.435. The van der Waals surface area contributed by atoms with Crippen LogP contribution in [0, 0.1) is 0 Å². The summed E-state index contributed by atoms with van der Waals surface area (Å²) >= 11 is 1.42. The monoisotopic (exact) mass is 405 g/mol. The van der Waals surface area contributed by atoms with E-state index in [1.165, 1.54) is 22.1 Å². The van der Waals surface area contributed by atoms with Crippen LogP contribution >= 0.6 is 11.3 Å². The van der Waals surface area contributed by atoms with Gasteiger partial charge in [0.2, 0.25) is 11.0 Å². The summed E-state index contributed by atoms with van der Waals surface area (Å²) in [6, 6.07) is 12.3. The standard InChI is InChI=1S/C21H19N5O2S/c1-2-3-11-18-24-25-21(29-18)23-13-16-14-8-4-5-9-15(14)19(27)26(20(16)28)17-10-6-7-12-22-17/h4-10,12-13,28H,2-3,11H2,1H3/b23-13+. The molecule has 0 radical (unpaired) electrons. The van der Waals surface area contributed by atoms with E-state index in [1.807, 2.05) is 6.07 Å². The molecule has 0 aliphatic rings. The molecule has 146 valence electrons. The Kier molecular flexibility index (Phi) is 5.44. The molecule has 4 aromatic rings. The van der Waals surface area contributed by atoms with Crippen molar-refractivity contribution in [1.82, 2.24) is 19.7 Å². The number of hydrogen-bond acceptors (Lipinski definition) is 7. The van der Waals surface area contributed by atoms with Crippen LogP contribution < -0.4 is 5.56 Å². The molecule has 3 heterocycles. The number of aromatic nitrogens is 4. The van der Waals surface area contributed by atoms with Crippen molar-refractivity contribution >= 4 is 33.5 Å². The van der Waals surface area contributed by atoms with E-state index in [2.05, 4.69) is 27.1 Å². The van der Waals surface area contributed by atoms with Crippen molar-refractivity contribution in [2.45, 2.75) is 26.2 Å². The maximum atomic E-state index is 13.0. The van der Waals surface area contributed by atoms with Gasteiger partial charge in [-0.3, -0.25) is 4.79 Å². The molecule has 0 saturated heterocycles. The number of rotatable bonds is 6. The number of nitrogens with zero attached hydrogens (tertiary/aromatic N) is 5. The van der Waals surface area contributed by atoms with Gasteiger partial charge in [0.05, 0.1) is 5.56 Å². The van der Waals surface area contributed by atoms with E-state index < -0.39 is 0 Å². The first kappa shape index (κ1) is 18.9. The lowest BCUT2D eigenvalue weighted by Gasteiger charge is -2.12. The van der Waals surface area contributed by atoms with Crippen LogP contribution in [0.4, 0.5) is 5.13 Å². The Bertz CT molecular complexity index is 1230. The summed E-state index contributed by atoms with van der Waals surface area (Å²) in [7, 11) is 0. The second kappa shape index (κ2) is 8.32. The lowest BCUT2D eigenvalue weighted by atomic mass is 10.1.